The molecular weight excluding hydrogens is 236 g/mol. The van der Waals surface area contributed by atoms with Gasteiger partial charge in [-0.3, -0.25) is 0 Å². The summed E-state index contributed by atoms with van der Waals surface area (Å²) >= 11 is 0. The Labute approximate surface area is 116 Å². The quantitative estimate of drug-likeness (QED) is 0.293. The molecule has 0 aliphatic rings. The van der Waals surface area contributed by atoms with Crippen LogP contribution < -0.4 is 4.74 Å². The van der Waals surface area contributed by atoms with E-state index in [4.69, 9.17) is 4.74 Å². The van der Waals surface area contributed by atoms with E-state index in [9.17, 15) is 4.79 Å². The molecule has 0 bridgehead atoms. The van der Waals surface area contributed by atoms with Crippen LogP contribution in [0.25, 0.3) is 0 Å². The van der Waals surface area contributed by atoms with Crippen molar-refractivity contribution in [3.05, 3.63) is 42.0 Å². The molecule has 0 fully saturated rings. The molecule has 0 aromatic heterocycles. The average molecular weight is 260 g/mol. The second-order valence-electron chi connectivity index (χ2n) is 4.69. The van der Waals surface area contributed by atoms with Gasteiger partial charge in [-0.15, -0.1) is 0 Å². The summed E-state index contributed by atoms with van der Waals surface area (Å²) < 4.78 is 5.34. The van der Waals surface area contributed by atoms with Crippen molar-refractivity contribution in [1.29, 1.82) is 0 Å². The number of hydrogen-bond donors (Lipinski definition) is 0. The molecule has 0 heterocycles. The molecule has 0 radical (unpaired) electrons. The Morgan fingerprint density at radius 3 is 2.63 bits per heavy atom. The second kappa shape index (κ2) is 9.37. The number of para-hydroxylation sites is 1. The highest BCUT2D eigenvalue weighted by Crippen LogP contribution is 2.21. The second-order valence-corrected chi connectivity index (χ2v) is 4.69. The van der Waals surface area contributed by atoms with Crippen LogP contribution in [0.15, 0.2) is 36.4 Å². The lowest BCUT2D eigenvalue weighted by Gasteiger charge is -2.08. The highest BCUT2D eigenvalue weighted by molar-refractivity contribution is 5.84. The van der Waals surface area contributed by atoms with Crippen molar-refractivity contribution in [2.24, 2.45) is 0 Å². The number of carbonyl (C=O) groups is 1. The van der Waals surface area contributed by atoms with E-state index in [0.29, 0.717) is 5.75 Å². The molecule has 0 atom stereocenters. The minimum Gasteiger partial charge on any atom is -0.423 e. The van der Waals surface area contributed by atoms with Gasteiger partial charge in [0.2, 0.25) is 0 Å². The monoisotopic (exact) mass is 260 g/mol. The number of esters is 1. The van der Waals surface area contributed by atoms with Gasteiger partial charge in [0.25, 0.3) is 0 Å². The van der Waals surface area contributed by atoms with Gasteiger partial charge >= 0.3 is 5.97 Å². The zero-order valence-corrected chi connectivity index (χ0v) is 12.0. The van der Waals surface area contributed by atoms with Crippen molar-refractivity contribution in [1.82, 2.24) is 0 Å². The van der Waals surface area contributed by atoms with Crippen LogP contribution >= 0.6 is 0 Å². The molecule has 2 nitrogen and oxygen atoms in total. The fraction of sp³-hybridized carbons (Fsp3) is 0.471. The van der Waals surface area contributed by atoms with E-state index < -0.39 is 0 Å². The molecule has 0 aliphatic heterocycles. The maximum atomic E-state index is 11.5. The van der Waals surface area contributed by atoms with Gasteiger partial charge in [0, 0.05) is 6.08 Å². The third-order valence-corrected chi connectivity index (χ3v) is 3.04. The van der Waals surface area contributed by atoms with E-state index in [0.717, 1.165) is 18.4 Å². The molecule has 0 spiro atoms. The van der Waals surface area contributed by atoms with E-state index in [-0.39, 0.29) is 5.97 Å². The Kier molecular flexibility index (Phi) is 7.64. The molecule has 0 saturated heterocycles. The van der Waals surface area contributed by atoms with E-state index >= 15 is 0 Å². The van der Waals surface area contributed by atoms with Gasteiger partial charge in [-0.25, -0.2) is 4.79 Å². The molecule has 19 heavy (non-hydrogen) atoms. The lowest BCUT2D eigenvalue weighted by atomic mass is 10.0. The maximum absolute atomic E-state index is 11.5. The molecule has 0 unspecified atom stereocenters. The van der Waals surface area contributed by atoms with Gasteiger partial charge in [-0.1, -0.05) is 56.9 Å². The minimum atomic E-state index is -0.305. The molecule has 1 rings (SSSR count). The standard InChI is InChI=1S/C17H24O2/c1-3-5-6-7-8-12-15-13-9-10-14-16(15)19-17(18)11-4-2/h4,9-11,13-14H,3,5-8,12H2,1-2H3/b11-4+. The predicted molar refractivity (Wildman–Crippen MR) is 79.4 cm³/mol. The first-order chi connectivity index (χ1) is 9.27. The van der Waals surface area contributed by atoms with Gasteiger partial charge in [0.05, 0.1) is 0 Å². The van der Waals surface area contributed by atoms with Gasteiger partial charge in [0.1, 0.15) is 5.75 Å². The largest absolute Gasteiger partial charge is 0.423 e. The van der Waals surface area contributed by atoms with Gasteiger partial charge in [0.15, 0.2) is 0 Å². The van der Waals surface area contributed by atoms with E-state index in [2.05, 4.69) is 6.92 Å². The molecule has 0 amide bonds. The SMILES string of the molecule is C/C=C/C(=O)Oc1ccccc1CCCCCCC. The number of benzene rings is 1. The van der Waals surface area contributed by atoms with Crippen molar-refractivity contribution in [2.45, 2.75) is 52.4 Å². The number of rotatable bonds is 8. The molecule has 0 N–H and O–H groups in total. The van der Waals surface area contributed by atoms with E-state index in [1.165, 1.54) is 31.8 Å². The maximum Gasteiger partial charge on any atom is 0.335 e. The first kappa shape index (κ1) is 15.5. The molecule has 0 saturated carbocycles. The van der Waals surface area contributed by atoms with Crippen LogP contribution in [0.2, 0.25) is 0 Å². The zero-order chi connectivity index (χ0) is 13.9. The zero-order valence-electron chi connectivity index (χ0n) is 12.0. The summed E-state index contributed by atoms with van der Waals surface area (Å²) in [5, 5.41) is 0. The fourth-order valence-corrected chi connectivity index (χ4v) is 2.01. The molecule has 104 valence electrons. The number of allylic oxidation sites excluding steroid dienone is 1. The molecule has 0 aliphatic carbocycles. The van der Waals surface area contributed by atoms with Crippen LogP contribution in [0.5, 0.6) is 5.75 Å². The molecule has 1 aromatic rings. The molecule has 1 aromatic carbocycles. The summed E-state index contributed by atoms with van der Waals surface area (Å²) in [6.45, 7) is 4.02. The van der Waals surface area contributed by atoms with Gasteiger partial charge in [-0.2, -0.15) is 0 Å². The summed E-state index contributed by atoms with van der Waals surface area (Å²) in [7, 11) is 0. The number of unbranched alkanes of at least 4 members (excludes halogenated alkanes) is 4. The van der Waals surface area contributed by atoms with Crippen LogP contribution in [0.3, 0.4) is 0 Å². The Hall–Kier alpha value is -1.57. The van der Waals surface area contributed by atoms with Crippen molar-refractivity contribution in [2.75, 3.05) is 0 Å². The Balaban J connectivity index is 2.50. The van der Waals surface area contributed by atoms with Gasteiger partial charge < -0.3 is 4.74 Å². The third-order valence-electron chi connectivity index (χ3n) is 3.04. The highest BCUT2D eigenvalue weighted by atomic mass is 16.5. The number of carbonyl (C=O) groups excluding carboxylic acids is 1. The first-order valence-electron chi connectivity index (χ1n) is 7.20. The predicted octanol–water partition coefficient (Wildman–Crippen LogP) is 4.68. The summed E-state index contributed by atoms with van der Waals surface area (Å²) in [4.78, 5) is 11.5. The Morgan fingerprint density at radius 2 is 1.89 bits per heavy atom. The topological polar surface area (TPSA) is 26.3 Å². The minimum absolute atomic E-state index is 0.305. The Morgan fingerprint density at radius 1 is 1.16 bits per heavy atom. The number of hydrogen-bond acceptors (Lipinski definition) is 2. The Bertz CT molecular complexity index is 407. The van der Waals surface area contributed by atoms with Crippen LogP contribution in [0.4, 0.5) is 0 Å². The third kappa shape index (κ3) is 6.23. The van der Waals surface area contributed by atoms with Crippen LogP contribution in [-0.2, 0) is 11.2 Å². The van der Waals surface area contributed by atoms with Crippen molar-refractivity contribution < 1.29 is 9.53 Å². The van der Waals surface area contributed by atoms with Crippen LogP contribution in [0, 0.1) is 0 Å². The smallest absolute Gasteiger partial charge is 0.335 e. The van der Waals surface area contributed by atoms with Crippen molar-refractivity contribution in [3.63, 3.8) is 0 Å². The highest BCUT2D eigenvalue weighted by Gasteiger charge is 2.06. The lowest BCUT2D eigenvalue weighted by molar-refractivity contribution is -0.129. The fourth-order valence-electron chi connectivity index (χ4n) is 2.01. The first-order valence-corrected chi connectivity index (χ1v) is 7.20. The van der Waals surface area contributed by atoms with E-state index in [1.807, 2.05) is 24.3 Å². The number of ether oxygens (including phenoxy) is 1. The van der Waals surface area contributed by atoms with E-state index in [1.54, 1.807) is 13.0 Å². The van der Waals surface area contributed by atoms with Crippen molar-refractivity contribution in [3.8, 4) is 5.75 Å². The number of aryl methyl sites for hydroxylation is 1. The van der Waals surface area contributed by atoms with Crippen molar-refractivity contribution >= 4 is 5.97 Å². The summed E-state index contributed by atoms with van der Waals surface area (Å²) in [6.07, 6.45) is 10.4. The summed E-state index contributed by atoms with van der Waals surface area (Å²) in [6, 6.07) is 7.80. The molecule has 2 heteroatoms. The van der Waals surface area contributed by atoms with Gasteiger partial charge in [-0.05, 0) is 31.4 Å². The summed E-state index contributed by atoms with van der Waals surface area (Å²) in [5.41, 5.74) is 1.12. The summed E-state index contributed by atoms with van der Waals surface area (Å²) in [5.74, 6) is 0.391. The van der Waals surface area contributed by atoms with Crippen LogP contribution in [0.1, 0.15) is 51.5 Å². The van der Waals surface area contributed by atoms with Crippen LogP contribution in [-0.4, -0.2) is 5.97 Å². The average Bonchev–Trinajstić information content (AvgIpc) is 2.40. The lowest BCUT2D eigenvalue weighted by Crippen LogP contribution is -2.05. The normalized spacial score (nSPS) is 10.8. The molecular formula is C17H24O2.